The molecule has 0 fully saturated rings. The molecule has 1 atom stereocenters. The molecule has 0 bridgehead atoms. The van der Waals surface area contributed by atoms with Crippen molar-refractivity contribution in [1.82, 2.24) is 14.4 Å². The van der Waals surface area contributed by atoms with E-state index in [-0.39, 0.29) is 11.8 Å². The molecule has 3 rings (SSSR count). The molecule has 0 N–H and O–H groups in total. The Kier molecular flexibility index (Phi) is 4.64. The minimum atomic E-state index is -3.55. The van der Waals surface area contributed by atoms with E-state index in [9.17, 15) is 8.42 Å². The van der Waals surface area contributed by atoms with Gasteiger partial charge in [0.05, 0.1) is 0 Å². The lowest BCUT2D eigenvalue weighted by molar-refractivity contribution is 0.355. The molecule has 0 spiro atoms. The summed E-state index contributed by atoms with van der Waals surface area (Å²) in [6, 6.07) is 10.6. The number of fused-ring (bicyclic) bond motifs is 1. The molecule has 0 saturated carbocycles. The molecule has 24 heavy (non-hydrogen) atoms. The number of benzene rings is 1. The van der Waals surface area contributed by atoms with Crippen LogP contribution < -0.4 is 0 Å². The number of rotatable bonds is 6. The van der Waals surface area contributed by atoms with E-state index in [0.29, 0.717) is 17.8 Å². The maximum absolute atomic E-state index is 12.9. The lowest BCUT2D eigenvalue weighted by Crippen LogP contribution is -2.34. The predicted molar refractivity (Wildman–Crippen MR) is 91.7 cm³/mol. The van der Waals surface area contributed by atoms with E-state index < -0.39 is 10.0 Å². The van der Waals surface area contributed by atoms with Crippen LogP contribution in [0.25, 0.3) is 11.0 Å². The summed E-state index contributed by atoms with van der Waals surface area (Å²) in [6.07, 6.45) is 3.36. The third-order valence-corrected chi connectivity index (χ3v) is 5.97. The van der Waals surface area contributed by atoms with Gasteiger partial charge in [-0.1, -0.05) is 30.3 Å². The minimum absolute atomic E-state index is 0.192. The highest BCUT2D eigenvalue weighted by Crippen LogP contribution is 2.26. The lowest BCUT2D eigenvalue weighted by atomic mass is 10.1. The minimum Gasteiger partial charge on any atom is -0.356 e. The van der Waals surface area contributed by atoms with Crippen molar-refractivity contribution in [2.45, 2.75) is 25.6 Å². The fourth-order valence-electron chi connectivity index (χ4n) is 2.80. The molecule has 7 heteroatoms. The number of sulfonamides is 1. The number of pyridine rings is 1. The van der Waals surface area contributed by atoms with Crippen LogP contribution in [-0.4, -0.2) is 29.4 Å². The molecule has 0 aliphatic heterocycles. The van der Waals surface area contributed by atoms with Crippen molar-refractivity contribution in [3.63, 3.8) is 0 Å². The van der Waals surface area contributed by atoms with Gasteiger partial charge in [-0.3, -0.25) is 4.98 Å². The van der Waals surface area contributed by atoms with Crippen molar-refractivity contribution in [2.24, 2.45) is 0 Å². The van der Waals surface area contributed by atoms with Crippen molar-refractivity contribution in [3.8, 4) is 0 Å². The highest BCUT2D eigenvalue weighted by molar-refractivity contribution is 7.88. The van der Waals surface area contributed by atoms with Crippen LogP contribution in [0.4, 0.5) is 0 Å². The summed E-state index contributed by atoms with van der Waals surface area (Å²) < 4.78 is 32.5. The van der Waals surface area contributed by atoms with Gasteiger partial charge >= 0.3 is 0 Å². The molecule has 0 saturated heterocycles. The number of nitrogens with zero attached hydrogens (tertiary/aromatic N) is 3. The van der Waals surface area contributed by atoms with Crippen molar-refractivity contribution in [3.05, 3.63) is 60.0 Å². The molecular formula is C17H19N3O3S. The van der Waals surface area contributed by atoms with Gasteiger partial charge in [0, 0.05) is 30.4 Å². The van der Waals surface area contributed by atoms with Gasteiger partial charge < -0.3 is 4.52 Å². The number of hydrogen-bond donors (Lipinski definition) is 0. The van der Waals surface area contributed by atoms with E-state index in [2.05, 4.69) is 10.1 Å². The van der Waals surface area contributed by atoms with Crippen LogP contribution in [0, 0.1) is 0 Å². The summed E-state index contributed by atoms with van der Waals surface area (Å²) in [5, 5.41) is 4.66. The second-order valence-corrected chi connectivity index (χ2v) is 7.47. The van der Waals surface area contributed by atoms with E-state index >= 15 is 0 Å². The first-order valence-corrected chi connectivity index (χ1v) is 9.36. The fraction of sp³-hybridized carbons (Fsp3) is 0.294. The Morgan fingerprint density at radius 2 is 2.00 bits per heavy atom. The fourth-order valence-corrected chi connectivity index (χ4v) is 4.52. The smallest absolute Gasteiger partial charge is 0.220 e. The van der Waals surface area contributed by atoms with Crippen molar-refractivity contribution < 1.29 is 12.9 Å². The van der Waals surface area contributed by atoms with Gasteiger partial charge in [-0.15, -0.1) is 0 Å². The molecule has 3 aromatic rings. The summed E-state index contributed by atoms with van der Waals surface area (Å²) in [6.45, 7) is 4.05. The zero-order chi connectivity index (χ0) is 17.2. The van der Waals surface area contributed by atoms with E-state index in [1.165, 1.54) is 4.31 Å². The Labute approximate surface area is 141 Å². The molecule has 0 aliphatic rings. The molecule has 0 amide bonds. The monoisotopic (exact) mass is 345 g/mol. The van der Waals surface area contributed by atoms with Crippen LogP contribution >= 0.6 is 0 Å². The Balaban J connectivity index is 1.90. The first-order valence-electron chi connectivity index (χ1n) is 7.75. The van der Waals surface area contributed by atoms with Gasteiger partial charge in [0.15, 0.2) is 5.58 Å². The van der Waals surface area contributed by atoms with Crippen LogP contribution in [0.15, 0.2) is 53.3 Å². The topological polar surface area (TPSA) is 76.3 Å². The van der Waals surface area contributed by atoms with Crippen LogP contribution in [0.1, 0.15) is 31.1 Å². The van der Waals surface area contributed by atoms with E-state index in [4.69, 9.17) is 4.52 Å². The summed E-state index contributed by atoms with van der Waals surface area (Å²) in [4.78, 5) is 4.07. The molecule has 1 aromatic carbocycles. The van der Waals surface area contributed by atoms with Gasteiger partial charge in [0.1, 0.15) is 11.4 Å². The van der Waals surface area contributed by atoms with Crippen molar-refractivity contribution in [1.29, 1.82) is 0 Å². The molecule has 0 radical (unpaired) electrons. The standard InChI is InChI=1S/C17H19N3O3S/c1-3-20(13(2)14-7-6-10-18-11-14)24(21,22)12-16-15-8-4-5-9-17(15)23-19-16/h4-11,13H,3,12H2,1-2H3/t13-/m0/s1. The van der Waals surface area contributed by atoms with Crippen molar-refractivity contribution in [2.75, 3.05) is 6.54 Å². The average molecular weight is 345 g/mol. The molecule has 0 aliphatic carbocycles. The maximum atomic E-state index is 12.9. The Bertz CT molecular complexity index is 922. The summed E-state index contributed by atoms with van der Waals surface area (Å²) in [7, 11) is -3.55. The largest absolute Gasteiger partial charge is 0.356 e. The molecule has 6 nitrogen and oxygen atoms in total. The average Bonchev–Trinajstić information content (AvgIpc) is 2.98. The van der Waals surface area contributed by atoms with Crippen LogP contribution in [0.3, 0.4) is 0 Å². The third-order valence-electron chi connectivity index (χ3n) is 4.04. The first-order chi connectivity index (χ1) is 11.5. The normalized spacial score (nSPS) is 13.5. The third kappa shape index (κ3) is 3.18. The second kappa shape index (κ2) is 6.70. The Morgan fingerprint density at radius 1 is 1.21 bits per heavy atom. The van der Waals surface area contributed by atoms with Gasteiger partial charge in [-0.25, -0.2) is 8.42 Å². The zero-order valence-electron chi connectivity index (χ0n) is 13.6. The molecule has 2 aromatic heterocycles. The van der Waals surface area contributed by atoms with Gasteiger partial charge in [-0.05, 0) is 30.7 Å². The highest BCUT2D eigenvalue weighted by Gasteiger charge is 2.29. The quantitative estimate of drug-likeness (QED) is 0.686. The maximum Gasteiger partial charge on any atom is 0.220 e. The summed E-state index contributed by atoms with van der Waals surface area (Å²) in [5.74, 6) is -0.192. The van der Waals surface area contributed by atoms with Gasteiger partial charge in [-0.2, -0.15) is 4.31 Å². The summed E-state index contributed by atoms with van der Waals surface area (Å²) >= 11 is 0. The number of para-hydroxylation sites is 1. The van der Waals surface area contributed by atoms with Crippen LogP contribution in [-0.2, 0) is 15.8 Å². The highest BCUT2D eigenvalue weighted by atomic mass is 32.2. The first kappa shape index (κ1) is 16.6. The number of aromatic nitrogens is 2. The summed E-state index contributed by atoms with van der Waals surface area (Å²) in [5.41, 5.74) is 1.88. The van der Waals surface area contributed by atoms with Gasteiger partial charge in [0.2, 0.25) is 10.0 Å². The van der Waals surface area contributed by atoms with Crippen LogP contribution in [0.2, 0.25) is 0 Å². The van der Waals surface area contributed by atoms with Gasteiger partial charge in [0.25, 0.3) is 0 Å². The van der Waals surface area contributed by atoms with E-state index in [1.807, 2.05) is 38.1 Å². The molecule has 0 unspecified atom stereocenters. The second-order valence-electron chi connectivity index (χ2n) is 5.55. The van der Waals surface area contributed by atoms with E-state index in [0.717, 1.165) is 10.9 Å². The molecule has 126 valence electrons. The number of hydrogen-bond acceptors (Lipinski definition) is 5. The SMILES string of the molecule is CCN([C@@H](C)c1cccnc1)S(=O)(=O)Cc1noc2ccccc12. The lowest BCUT2D eigenvalue weighted by Gasteiger charge is -2.27. The molecular weight excluding hydrogens is 326 g/mol. The van der Waals surface area contributed by atoms with E-state index in [1.54, 1.807) is 24.5 Å². The predicted octanol–water partition coefficient (Wildman–Crippen LogP) is 3.14. The van der Waals surface area contributed by atoms with Crippen molar-refractivity contribution >= 4 is 21.0 Å². The Morgan fingerprint density at radius 3 is 2.71 bits per heavy atom. The Hall–Kier alpha value is -2.25. The molecule has 2 heterocycles. The zero-order valence-corrected chi connectivity index (χ0v) is 14.4. The van der Waals surface area contributed by atoms with Crippen LogP contribution in [0.5, 0.6) is 0 Å².